The van der Waals surface area contributed by atoms with Gasteiger partial charge >= 0.3 is 6.18 Å². The third-order valence-corrected chi connectivity index (χ3v) is 7.74. The van der Waals surface area contributed by atoms with E-state index in [0.29, 0.717) is 11.3 Å². The molecule has 0 saturated heterocycles. The number of fused-ring (bicyclic) bond motifs is 1. The molecule has 0 aliphatic heterocycles. The summed E-state index contributed by atoms with van der Waals surface area (Å²) < 4.78 is 33.6. The van der Waals surface area contributed by atoms with Crippen molar-refractivity contribution in [3.05, 3.63) is 59.9 Å². The summed E-state index contributed by atoms with van der Waals surface area (Å²) in [7, 11) is 0. The molecule has 4 fully saturated rings. The van der Waals surface area contributed by atoms with Gasteiger partial charge in [-0.15, -0.1) is 0 Å². The number of pyridine rings is 1. The lowest BCUT2D eigenvalue weighted by molar-refractivity contribution is -0.498. The quantitative estimate of drug-likeness (QED) is 0.527. The molecule has 4 saturated carbocycles. The molecule has 0 radical (unpaired) electrons. The van der Waals surface area contributed by atoms with Gasteiger partial charge in [0.2, 0.25) is 5.69 Å². The van der Waals surface area contributed by atoms with Crippen molar-refractivity contribution in [1.82, 2.24) is 10.3 Å². The van der Waals surface area contributed by atoms with E-state index in [1.54, 1.807) is 6.07 Å². The van der Waals surface area contributed by atoms with Gasteiger partial charge < -0.3 is 15.2 Å². The number of halogens is 3. The van der Waals surface area contributed by atoms with Crippen molar-refractivity contribution >= 4 is 17.4 Å². The Morgan fingerprint density at radius 1 is 1.05 bits per heavy atom. The fraction of sp³-hybridized carbons (Fsp3) is 0.407. The molecule has 0 unspecified atom stereocenters. The normalized spacial score (nSPS) is 25.7. The van der Waals surface area contributed by atoms with Gasteiger partial charge in [-0.05, 0) is 86.6 Å². The number of carbonyl (C=O) groups excluding carboxylic acids is 2. The standard InChI is InChI=1S/C25H24N4O.C2HF3O2/c26-15-16-4-3-5-20(11-16)23-27-22(21-6-1-2-7-29(21)23)24(30)28-25-12-17-8-18(13-25)10-19(9-17)14-25;3-2(4,5)1(6)7/h1-7,11,17-19H,8-10,12-14H2,(H,28,30);(H,6,7). The van der Waals surface area contributed by atoms with Gasteiger partial charge in [0.05, 0.1) is 23.4 Å². The largest absolute Gasteiger partial charge is 0.542 e. The number of aliphatic carboxylic acids is 1. The van der Waals surface area contributed by atoms with Crippen LogP contribution >= 0.6 is 0 Å². The van der Waals surface area contributed by atoms with Crippen molar-refractivity contribution in [2.24, 2.45) is 17.8 Å². The highest BCUT2D eigenvalue weighted by Gasteiger charge is 2.52. The zero-order valence-corrected chi connectivity index (χ0v) is 19.8. The van der Waals surface area contributed by atoms with E-state index in [4.69, 9.17) is 9.90 Å². The minimum Gasteiger partial charge on any atom is -0.542 e. The fourth-order valence-electron chi connectivity index (χ4n) is 6.77. The van der Waals surface area contributed by atoms with Crippen molar-refractivity contribution < 1.29 is 32.3 Å². The Balaban J connectivity index is 0.000000355. The van der Waals surface area contributed by atoms with E-state index in [0.717, 1.165) is 53.9 Å². The number of nitrogens with one attached hydrogen (secondary N) is 2. The molecule has 4 aliphatic rings. The maximum absolute atomic E-state index is 13.5. The average molecular weight is 511 g/mol. The second-order valence-corrected chi connectivity index (χ2v) is 10.4. The second kappa shape index (κ2) is 9.21. The molecule has 1 amide bonds. The number of amides is 1. The summed E-state index contributed by atoms with van der Waals surface area (Å²) in [4.78, 5) is 25.7. The summed E-state index contributed by atoms with van der Waals surface area (Å²) >= 11 is 0. The number of rotatable bonds is 3. The van der Waals surface area contributed by atoms with Crippen LogP contribution in [-0.2, 0) is 4.79 Å². The SMILES string of the molecule is N#Cc1cccc(-c2[nH]c(C(=O)NC34CC5CC(CC(C5)C3)C4)c3cccc[n+]23)c1.O=C([O-])C(F)(F)F. The summed E-state index contributed by atoms with van der Waals surface area (Å²) in [5.41, 5.74) is 2.93. The van der Waals surface area contributed by atoms with Crippen LogP contribution in [0.15, 0.2) is 48.7 Å². The van der Waals surface area contributed by atoms with Crippen LogP contribution in [0.5, 0.6) is 0 Å². The Morgan fingerprint density at radius 3 is 2.24 bits per heavy atom. The number of carboxylic acids is 1. The third kappa shape index (κ3) is 4.90. The first-order chi connectivity index (χ1) is 17.6. The van der Waals surface area contributed by atoms with Gasteiger partial charge in [-0.25, -0.2) is 4.98 Å². The van der Waals surface area contributed by atoms with Crippen LogP contribution < -0.4 is 14.8 Å². The lowest BCUT2D eigenvalue weighted by Gasteiger charge is -2.56. The van der Waals surface area contributed by atoms with Crippen molar-refractivity contribution in [2.45, 2.75) is 50.2 Å². The lowest BCUT2D eigenvalue weighted by atomic mass is 9.53. The van der Waals surface area contributed by atoms with E-state index in [1.165, 1.54) is 19.3 Å². The molecule has 0 spiro atoms. The van der Waals surface area contributed by atoms with Gasteiger partial charge in [-0.1, -0.05) is 12.1 Å². The van der Waals surface area contributed by atoms with Crippen LogP contribution in [0.3, 0.4) is 0 Å². The number of nitriles is 1. The summed E-state index contributed by atoms with van der Waals surface area (Å²) in [6.45, 7) is 0. The van der Waals surface area contributed by atoms with Crippen LogP contribution in [0.1, 0.15) is 54.6 Å². The van der Waals surface area contributed by atoms with Crippen LogP contribution in [0, 0.1) is 29.1 Å². The van der Waals surface area contributed by atoms with Gasteiger partial charge in [0.15, 0.2) is 5.52 Å². The third-order valence-electron chi connectivity index (χ3n) is 7.74. The van der Waals surface area contributed by atoms with E-state index in [-0.39, 0.29) is 11.4 Å². The Labute approximate surface area is 210 Å². The van der Waals surface area contributed by atoms with E-state index in [1.807, 2.05) is 47.0 Å². The van der Waals surface area contributed by atoms with Gasteiger partial charge in [-0.2, -0.15) is 22.8 Å². The number of carbonyl (C=O) groups is 2. The second-order valence-electron chi connectivity index (χ2n) is 10.4. The van der Waals surface area contributed by atoms with Gasteiger partial charge in [-0.3, -0.25) is 4.79 Å². The molecular formula is C27H25F3N4O3. The molecule has 10 heteroatoms. The number of hydrogen-bond acceptors (Lipinski definition) is 4. The minimum absolute atomic E-state index is 0.0108. The number of aromatic nitrogens is 2. The molecule has 192 valence electrons. The number of hydrogen-bond donors (Lipinski definition) is 2. The van der Waals surface area contributed by atoms with Crippen LogP contribution in [0.4, 0.5) is 13.2 Å². The molecule has 2 N–H and O–H groups in total. The van der Waals surface area contributed by atoms with Gasteiger partial charge in [0, 0.05) is 5.54 Å². The van der Waals surface area contributed by atoms with Crippen LogP contribution in [-0.4, -0.2) is 28.6 Å². The monoisotopic (exact) mass is 510 g/mol. The summed E-state index contributed by atoms with van der Waals surface area (Å²) in [6, 6.07) is 15.6. The maximum Gasteiger partial charge on any atom is 0.430 e. The Hall–Kier alpha value is -3.87. The average Bonchev–Trinajstić information content (AvgIpc) is 3.23. The molecule has 4 bridgehead atoms. The van der Waals surface area contributed by atoms with Crippen molar-refractivity contribution in [2.75, 3.05) is 0 Å². The molecule has 7 nitrogen and oxygen atoms in total. The molecule has 4 aliphatic carbocycles. The smallest absolute Gasteiger partial charge is 0.430 e. The predicted octanol–water partition coefficient (Wildman–Crippen LogP) is 3.29. The number of imidazole rings is 1. The van der Waals surface area contributed by atoms with E-state index in [9.17, 15) is 23.2 Å². The molecule has 37 heavy (non-hydrogen) atoms. The number of benzene rings is 1. The van der Waals surface area contributed by atoms with Crippen LogP contribution in [0.25, 0.3) is 16.9 Å². The number of alkyl halides is 3. The molecule has 2 heterocycles. The zero-order valence-electron chi connectivity index (χ0n) is 19.8. The topological polar surface area (TPSA) is 113 Å². The van der Waals surface area contributed by atoms with Gasteiger partial charge in [0.25, 0.3) is 11.7 Å². The molecule has 3 aromatic rings. The van der Waals surface area contributed by atoms with E-state index in [2.05, 4.69) is 16.4 Å². The van der Waals surface area contributed by atoms with E-state index < -0.39 is 12.1 Å². The highest BCUT2D eigenvalue weighted by Crippen LogP contribution is 2.55. The van der Waals surface area contributed by atoms with E-state index >= 15 is 0 Å². The predicted molar refractivity (Wildman–Crippen MR) is 124 cm³/mol. The summed E-state index contributed by atoms with van der Waals surface area (Å²) in [5, 5.41) is 21.5. The maximum atomic E-state index is 13.5. The van der Waals surface area contributed by atoms with Gasteiger partial charge in [0.1, 0.15) is 5.97 Å². The van der Waals surface area contributed by atoms with Crippen molar-refractivity contribution in [3.8, 4) is 17.5 Å². The first-order valence-electron chi connectivity index (χ1n) is 12.2. The zero-order chi connectivity index (χ0) is 26.4. The van der Waals surface area contributed by atoms with Crippen LogP contribution in [0.2, 0.25) is 0 Å². The number of carboxylic acid groups (broad SMARTS) is 1. The number of H-pyrrole nitrogens is 1. The van der Waals surface area contributed by atoms with Crippen molar-refractivity contribution in [3.63, 3.8) is 0 Å². The summed E-state index contributed by atoms with van der Waals surface area (Å²) in [5.74, 6) is 0.163. The summed E-state index contributed by atoms with van der Waals surface area (Å²) in [6.07, 6.45) is 4.23. The lowest BCUT2D eigenvalue weighted by Crippen LogP contribution is -2.59. The Bertz CT molecular complexity index is 1370. The molecule has 2 aromatic heterocycles. The highest BCUT2D eigenvalue weighted by atomic mass is 19.4. The Morgan fingerprint density at radius 2 is 1.68 bits per heavy atom. The minimum atomic E-state index is -5.19. The molecule has 0 atom stereocenters. The first-order valence-corrected chi connectivity index (χ1v) is 12.2. The number of nitrogens with zero attached hydrogens (tertiary/aromatic N) is 2. The molecule has 7 rings (SSSR count). The molecule has 1 aromatic carbocycles. The number of aromatic amines is 1. The van der Waals surface area contributed by atoms with Crippen molar-refractivity contribution in [1.29, 1.82) is 5.26 Å². The first kappa shape index (κ1) is 24.8. The highest BCUT2D eigenvalue weighted by molar-refractivity contribution is 5.99. The Kier molecular flexibility index (Phi) is 6.18. The molecular weight excluding hydrogens is 485 g/mol. The fourth-order valence-corrected chi connectivity index (χ4v) is 6.77.